The third-order valence-corrected chi connectivity index (χ3v) is 23.7. The van der Waals surface area contributed by atoms with Gasteiger partial charge in [-0.2, -0.15) is 0 Å². The van der Waals surface area contributed by atoms with Crippen molar-refractivity contribution in [3.05, 3.63) is 45.1 Å². The van der Waals surface area contributed by atoms with E-state index in [1.807, 2.05) is 35.7 Å². The minimum absolute atomic E-state index is 0.252. The van der Waals surface area contributed by atoms with Gasteiger partial charge in [0.25, 0.3) is 0 Å². The van der Waals surface area contributed by atoms with Gasteiger partial charge in [0.15, 0.2) is 9.66 Å². The summed E-state index contributed by atoms with van der Waals surface area (Å²) >= 11 is 9.51. The highest BCUT2D eigenvalue weighted by Crippen LogP contribution is 2.50. The number of hydrogen-bond acceptors (Lipinski definition) is 10. The number of unbranched alkanes of at least 4 members (excludes halogenated alkanes) is 2. The summed E-state index contributed by atoms with van der Waals surface area (Å²) in [7, 11) is -2.13. The monoisotopic (exact) mass is 838 g/mol. The Kier molecular flexibility index (Phi) is 11.6. The topological polar surface area (TPSA) is 100 Å². The average molecular weight is 839 g/mol. The second-order valence-corrected chi connectivity index (χ2v) is 25.1. The molecule has 0 bridgehead atoms. The number of carboxylic acid groups (broad SMARTS) is 2. The molecule has 1 aliphatic rings. The molecule has 0 amide bonds. The van der Waals surface area contributed by atoms with E-state index in [9.17, 15) is 19.8 Å². The lowest BCUT2D eigenvalue weighted by Crippen LogP contribution is -2.56. The van der Waals surface area contributed by atoms with E-state index < -0.39 is 20.0 Å². The second kappa shape index (κ2) is 15.9. The molecule has 6 nitrogen and oxygen atoms in total. The molecule has 0 radical (unpaired) electrons. The first-order chi connectivity index (χ1) is 25.5. The van der Waals surface area contributed by atoms with E-state index in [1.54, 1.807) is 16.4 Å². The van der Waals surface area contributed by atoms with Gasteiger partial charge in [-0.25, -0.2) is 19.6 Å². The molecule has 7 heterocycles. The van der Waals surface area contributed by atoms with Gasteiger partial charge in [-0.1, -0.05) is 102 Å². The van der Waals surface area contributed by atoms with Gasteiger partial charge in [0.2, 0.25) is 0 Å². The molecular weight excluding hydrogens is 793 g/mol. The van der Waals surface area contributed by atoms with E-state index in [1.165, 1.54) is 128 Å². The van der Waals surface area contributed by atoms with E-state index in [-0.39, 0.29) is 11.1 Å². The molecule has 13 heteroatoms. The van der Waals surface area contributed by atoms with E-state index in [4.69, 9.17) is 9.97 Å². The van der Waals surface area contributed by atoms with Crippen LogP contribution in [0, 0.1) is 25.7 Å². The molecule has 6 aromatic rings. The van der Waals surface area contributed by atoms with Crippen molar-refractivity contribution in [2.24, 2.45) is 11.8 Å². The molecule has 2 N–H and O–H groups in total. The Morgan fingerprint density at radius 2 is 1.08 bits per heavy atom. The Labute approximate surface area is 336 Å². The lowest BCUT2D eigenvalue weighted by atomic mass is 10.0. The third kappa shape index (κ3) is 7.31. The maximum Gasteiger partial charge on any atom is 0.337 e. The number of hydrogen-bond donors (Lipinski definition) is 2. The van der Waals surface area contributed by atoms with Crippen molar-refractivity contribution in [1.29, 1.82) is 0 Å². The Morgan fingerprint density at radius 3 is 1.62 bits per heavy atom. The van der Waals surface area contributed by atoms with Gasteiger partial charge < -0.3 is 10.2 Å². The van der Waals surface area contributed by atoms with Crippen LogP contribution in [0.5, 0.6) is 0 Å². The molecule has 0 saturated heterocycles. The summed E-state index contributed by atoms with van der Waals surface area (Å²) in [6.45, 7) is 13.6. The molecule has 1 aliphatic heterocycles. The highest BCUT2D eigenvalue weighted by Gasteiger charge is 2.49. The van der Waals surface area contributed by atoms with Crippen molar-refractivity contribution >= 4 is 108 Å². The number of thiophene rings is 4. The normalized spacial score (nSPS) is 16.3. The second-order valence-electron chi connectivity index (χ2n) is 14.5. The standard InChI is InChI=1S/C40H46N2O4S6Si/c1-7-11-13-23(9-3)19-53(20-24(10-4)14-12-8-2)29-16-22(6)48-33(29)34-30(53)18-28(50-34)27-17-26(40(45)46)32(49-27)36-42-38-37(52-36)41-35(51-38)31-25(39(43)44)15-21(5)47-31/h15-18,23-24H,7-14,19-20H2,1-6H3,(H,43,44)(H,45,46). The first-order valence-corrected chi connectivity index (χ1v) is 26.1. The van der Waals surface area contributed by atoms with Crippen LogP contribution in [0.15, 0.2) is 24.3 Å². The molecule has 7 rings (SSSR count). The largest absolute Gasteiger partial charge is 0.478 e. The van der Waals surface area contributed by atoms with E-state index in [0.717, 1.165) is 9.75 Å². The number of carbonyl (C=O) groups is 2. The minimum Gasteiger partial charge on any atom is -0.478 e. The molecular formula is C40H46N2O4S6Si. The molecule has 0 fully saturated rings. The fourth-order valence-corrected chi connectivity index (χ4v) is 22.9. The SMILES string of the molecule is CCCCC(CC)C[Si]1(CC(CC)CCCC)c2cc(C)sc2-c2sc(-c3cc(C(=O)O)c(-c4nc5sc(-c6sc(C)cc6C(=O)O)nc5s4)s3)cc21. The number of rotatable bonds is 17. The molecule has 2 unspecified atom stereocenters. The summed E-state index contributed by atoms with van der Waals surface area (Å²) < 4.78 is 0. The molecule has 0 spiro atoms. The summed E-state index contributed by atoms with van der Waals surface area (Å²) in [5.41, 5.74) is 0.525. The first kappa shape index (κ1) is 38.7. The van der Waals surface area contributed by atoms with Crippen molar-refractivity contribution in [2.45, 2.75) is 105 Å². The molecule has 0 saturated carbocycles. The van der Waals surface area contributed by atoms with Crippen molar-refractivity contribution in [2.75, 3.05) is 0 Å². The third-order valence-electron chi connectivity index (χ3n) is 10.8. The number of aromatic carboxylic acids is 2. The number of aromatic nitrogens is 2. The predicted molar refractivity (Wildman–Crippen MR) is 233 cm³/mol. The maximum atomic E-state index is 12.8. The zero-order chi connectivity index (χ0) is 37.6. The maximum absolute atomic E-state index is 12.8. The number of aryl methyl sites for hydroxylation is 2. The van der Waals surface area contributed by atoms with Crippen LogP contribution in [0.4, 0.5) is 0 Å². The number of nitrogens with zero attached hydrogens (tertiary/aromatic N) is 2. The highest BCUT2D eigenvalue weighted by atomic mass is 32.1. The van der Waals surface area contributed by atoms with Crippen LogP contribution < -0.4 is 10.4 Å². The molecule has 0 aromatic carbocycles. The van der Waals surface area contributed by atoms with Crippen LogP contribution in [0.25, 0.3) is 48.9 Å². The highest BCUT2D eigenvalue weighted by molar-refractivity contribution is 7.34. The van der Waals surface area contributed by atoms with Gasteiger partial charge in [-0.15, -0.1) is 45.3 Å². The smallest absolute Gasteiger partial charge is 0.337 e. The average Bonchev–Trinajstić information content (AvgIpc) is 3.97. The number of fused-ring (bicyclic) bond motifs is 4. The number of carboxylic acids is 2. The summed E-state index contributed by atoms with van der Waals surface area (Å²) in [6.07, 6.45) is 10.1. The molecule has 2 atom stereocenters. The molecule has 280 valence electrons. The van der Waals surface area contributed by atoms with Crippen molar-refractivity contribution in [3.63, 3.8) is 0 Å². The summed E-state index contributed by atoms with van der Waals surface area (Å²) in [5, 5.41) is 24.7. The van der Waals surface area contributed by atoms with Gasteiger partial charge in [-0.3, -0.25) is 0 Å². The van der Waals surface area contributed by atoms with Gasteiger partial charge in [0.1, 0.15) is 18.1 Å². The Bertz CT molecular complexity index is 2240. The fraction of sp³-hybridized carbons (Fsp3) is 0.450. The lowest BCUT2D eigenvalue weighted by molar-refractivity contribution is 0.0687. The van der Waals surface area contributed by atoms with E-state index >= 15 is 0 Å². The zero-order valence-corrected chi connectivity index (χ0v) is 37.0. The number of thiazole rings is 2. The molecule has 6 aromatic heterocycles. The van der Waals surface area contributed by atoms with E-state index in [2.05, 4.69) is 46.8 Å². The first-order valence-electron chi connectivity index (χ1n) is 18.7. The Balaban J connectivity index is 1.30. The van der Waals surface area contributed by atoms with Crippen LogP contribution >= 0.6 is 68.0 Å². The Hall–Kier alpha value is -2.52. The van der Waals surface area contributed by atoms with Crippen LogP contribution in [0.2, 0.25) is 12.1 Å². The summed E-state index contributed by atoms with van der Waals surface area (Å²) in [5.74, 6) is -0.497. The minimum atomic E-state index is -2.13. The van der Waals surface area contributed by atoms with Gasteiger partial charge >= 0.3 is 11.9 Å². The summed E-state index contributed by atoms with van der Waals surface area (Å²) in [4.78, 5) is 44.4. The van der Waals surface area contributed by atoms with Crippen molar-refractivity contribution in [1.82, 2.24) is 9.97 Å². The van der Waals surface area contributed by atoms with Crippen molar-refractivity contribution < 1.29 is 19.8 Å². The zero-order valence-electron chi connectivity index (χ0n) is 31.1. The molecule has 53 heavy (non-hydrogen) atoms. The quantitative estimate of drug-likeness (QED) is 0.0887. The lowest BCUT2D eigenvalue weighted by Gasteiger charge is -2.35. The predicted octanol–water partition coefficient (Wildman–Crippen LogP) is 13.0. The van der Waals surface area contributed by atoms with E-state index in [0.29, 0.717) is 41.3 Å². The Morgan fingerprint density at radius 1 is 0.623 bits per heavy atom. The van der Waals surface area contributed by atoms with Gasteiger partial charge in [0, 0.05) is 29.3 Å². The van der Waals surface area contributed by atoms with Crippen LogP contribution in [0.3, 0.4) is 0 Å². The van der Waals surface area contributed by atoms with Gasteiger partial charge in [-0.05, 0) is 72.4 Å². The van der Waals surface area contributed by atoms with Gasteiger partial charge in [0.05, 0.1) is 20.9 Å². The summed E-state index contributed by atoms with van der Waals surface area (Å²) in [6, 6.07) is 11.2. The molecule has 0 aliphatic carbocycles. The fourth-order valence-electron chi connectivity index (χ4n) is 8.11. The van der Waals surface area contributed by atoms with Crippen LogP contribution in [-0.2, 0) is 0 Å². The van der Waals surface area contributed by atoms with Crippen LogP contribution in [0.1, 0.15) is 110 Å². The van der Waals surface area contributed by atoms with Crippen molar-refractivity contribution in [3.8, 4) is 39.3 Å². The van der Waals surface area contributed by atoms with Crippen LogP contribution in [-0.4, -0.2) is 40.2 Å².